The fraction of sp³-hybridized carbons (Fsp3) is 0.917. The second kappa shape index (κ2) is 3.70. The van der Waals surface area contributed by atoms with Crippen molar-refractivity contribution in [3.8, 4) is 0 Å². The van der Waals surface area contributed by atoms with Crippen LogP contribution in [0.5, 0.6) is 0 Å². The van der Waals surface area contributed by atoms with Crippen LogP contribution in [0, 0.1) is 0 Å². The number of nitrogens with one attached hydrogen (secondary N) is 2. The van der Waals surface area contributed by atoms with Crippen molar-refractivity contribution < 1.29 is 9.53 Å². The molecule has 0 aromatic heterocycles. The van der Waals surface area contributed by atoms with Crippen LogP contribution in [0.4, 0.5) is 0 Å². The van der Waals surface area contributed by atoms with Gasteiger partial charge in [-0.25, -0.2) is 0 Å². The van der Waals surface area contributed by atoms with Crippen LogP contribution in [0.1, 0.15) is 40.5 Å². The summed E-state index contributed by atoms with van der Waals surface area (Å²) in [5.74, 6) is 0.147. The van der Waals surface area contributed by atoms with Gasteiger partial charge in [0.1, 0.15) is 0 Å². The van der Waals surface area contributed by atoms with E-state index >= 15 is 0 Å². The highest BCUT2D eigenvalue weighted by Crippen LogP contribution is 2.37. The first-order valence-corrected chi connectivity index (χ1v) is 6.01. The number of hydrogen-bond acceptors (Lipinski definition) is 3. The number of amides is 1. The van der Waals surface area contributed by atoms with Gasteiger partial charge in [0.05, 0.1) is 11.2 Å². The lowest BCUT2D eigenvalue weighted by molar-refractivity contribution is -0.119. The van der Waals surface area contributed by atoms with Crippen LogP contribution in [0.3, 0.4) is 0 Å². The molecule has 2 rings (SSSR count). The Labute approximate surface area is 97.1 Å². The average Bonchev–Trinajstić information content (AvgIpc) is 2.55. The van der Waals surface area contributed by atoms with E-state index in [4.69, 9.17) is 4.74 Å². The third-order valence-electron chi connectivity index (χ3n) is 3.49. The van der Waals surface area contributed by atoms with E-state index < -0.39 is 0 Å². The maximum Gasteiger partial charge on any atom is 0.221 e. The van der Waals surface area contributed by atoms with E-state index in [0.717, 1.165) is 13.0 Å². The fourth-order valence-electron chi connectivity index (χ4n) is 2.83. The molecule has 1 amide bonds. The molecule has 2 heterocycles. The minimum atomic E-state index is -0.158. The molecule has 2 atom stereocenters. The lowest BCUT2D eigenvalue weighted by atomic mass is 9.93. The molecule has 0 aliphatic carbocycles. The first-order valence-electron chi connectivity index (χ1n) is 6.01. The van der Waals surface area contributed by atoms with Crippen LogP contribution in [0.15, 0.2) is 0 Å². The van der Waals surface area contributed by atoms with Crippen LogP contribution >= 0.6 is 0 Å². The second-order valence-electron chi connectivity index (χ2n) is 6.09. The summed E-state index contributed by atoms with van der Waals surface area (Å²) < 4.78 is 6.02. The Morgan fingerprint density at radius 3 is 2.50 bits per heavy atom. The number of carbonyl (C=O) groups excluding carboxylic acids is 1. The summed E-state index contributed by atoms with van der Waals surface area (Å²) in [7, 11) is 0. The summed E-state index contributed by atoms with van der Waals surface area (Å²) in [5.41, 5.74) is -0.230. The molecule has 0 saturated carbocycles. The lowest BCUT2D eigenvalue weighted by Crippen LogP contribution is -2.48. The molecule has 0 radical (unpaired) electrons. The Kier molecular flexibility index (Phi) is 2.75. The molecule has 0 aromatic rings. The van der Waals surface area contributed by atoms with Gasteiger partial charge in [-0.1, -0.05) is 0 Å². The number of carbonyl (C=O) groups is 1. The van der Waals surface area contributed by atoms with Crippen molar-refractivity contribution in [3.05, 3.63) is 0 Å². The predicted octanol–water partition coefficient (Wildman–Crippen LogP) is 0.811. The standard InChI is InChI=1S/C12H22N2O2/c1-11(2)6-9(12(3,4)16-11)14-8-5-10(15)13-7-8/h8-9,14H,5-7H2,1-4H3,(H,13,15). The van der Waals surface area contributed by atoms with Gasteiger partial charge >= 0.3 is 0 Å². The first kappa shape index (κ1) is 11.9. The van der Waals surface area contributed by atoms with Crippen LogP contribution in [0.25, 0.3) is 0 Å². The molecule has 2 aliphatic rings. The highest BCUT2D eigenvalue weighted by atomic mass is 16.5. The van der Waals surface area contributed by atoms with E-state index in [1.165, 1.54) is 0 Å². The van der Waals surface area contributed by atoms with Crippen molar-refractivity contribution in [1.29, 1.82) is 0 Å². The predicted molar refractivity (Wildman–Crippen MR) is 62.2 cm³/mol. The normalized spacial score (nSPS) is 36.4. The molecule has 4 nitrogen and oxygen atoms in total. The summed E-state index contributed by atoms with van der Waals surface area (Å²) in [6.07, 6.45) is 1.58. The van der Waals surface area contributed by atoms with Crippen LogP contribution in [-0.4, -0.2) is 35.7 Å². The van der Waals surface area contributed by atoms with Gasteiger partial charge < -0.3 is 15.4 Å². The second-order valence-corrected chi connectivity index (χ2v) is 6.09. The van der Waals surface area contributed by atoms with Crippen molar-refractivity contribution in [2.24, 2.45) is 0 Å². The van der Waals surface area contributed by atoms with Crippen LogP contribution in [0.2, 0.25) is 0 Å². The summed E-state index contributed by atoms with van der Waals surface area (Å²) in [6, 6.07) is 0.578. The quantitative estimate of drug-likeness (QED) is 0.732. The molecular weight excluding hydrogens is 204 g/mol. The van der Waals surface area contributed by atoms with Crippen molar-refractivity contribution in [3.63, 3.8) is 0 Å². The highest BCUT2D eigenvalue weighted by molar-refractivity contribution is 5.78. The molecule has 0 bridgehead atoms. The third kappa shape index (κ3) is 2.38. The van der Waals surface area contributed by atoms with Gasteiger partial charge in [-0.3, -0.25) is 4.79 Å². The maximum absolute atomic E-state index is 11.1. The van der Waals surface area contributed by atoms with E-state index in [1.807, 2.05) is 0 Å². The summed E-state index contributed by atoms with van der Waals surface area (Å²) in [4.78, 5) is 11.1. The molecule has 2 N–H and O–H groups in total. The smallest absolute Gasteiger partial charge is 0.221 e. The van der Waals surface area contributed by atoms with E-state index in [0.29, 0.717) is 12.5 Å². The van der Waals surface area contributed by atoms with Crippen LogP contribution < -0.4 is 10.6 Å². The fourth-order valence-corrected chi connectivity index (χ4v) is 2.83. The molecular formula is C12H22N2O2. The van der Waals surface area contributed by atoms with Crippen molar-refractivity contribution >= 4 is 5.91 Å². The largest absolute Gasteiger partial charge is 0.368 e. The molecule has 0 spiro atoms. The zero-order valence-corrected chi connectivity index (χ0v) is 10.6. The monoisotopic (exact) mass is 226 g/mol. The first-order chi connectivity index (χ1) is 7.28. The zero-order chi connectivity index (χ0) is 12.0. The van der Waals surface area contributed by atoms with Gasteiger partial charge in [0.15, 0.2) is 0 Å². The summed E-state index contributed by atoms with van der Waals surface area (Å²) >= 11 is 0. The molecule has 2 aliphatic heterocycles. The van der Waals surface area contributed by atoms with Gasteiger partial charge in [0, 0.05) is 25.0 Å². The van der Waals surface area contributed by atoms with Crippen molar-refractivity contribution in [2.45, 2.75) is 63.8 Å². The Morgan fingerprint density at radius 1 is 1.38 bits per heavy atom. The zero-order valence-electron chi connectivity index (χ0n) is 10.6. The molecule has 2 saturated heterocycles. The number of rotatable bonds is 2. The van der Waals surface area contributed by atoms with Gasteiger partial charge in [-0.2, -0.15) is 0 Å². The molecule has 0 aromatic carbocycles. The molecule has 2 unspecified atom stereocenters. The number of ether oxygens (including phenoxy) is 1. The lowest BCUT2D eigenvalue weighted by Gasteiger charge is -2.29. The molecule has 2 fully saturated rings. The number of hydrogen-bond donors (Lipinski definition) is 2. The Balaban J connectivity index is 1.97. The van der Waals surface area contributed by atoms with E-state index in [-0.39, 0.29) is 23.2 Å². The maximum atomic E-state index is 11.1. The van der Waals surface area contributed by atoms with Crippen molar-refractivity contribution in [1.82, 2.24) is 10.6 Å². The molecule has 92 valence electrons. The SMILES string of the molecule is CC1(C)CC(NC2CNC(=O)C2)C(C)(C)O1. The Morgan fingerprint density at radius 2 is 2.06 bits per heavy atom. The minimum absolute atomic E-state index is 0.0722. The van der Waals surface area contributed by atoms with Gasteiger partial charge in [0.25, 0.3) is 0 Å². The summed E-state index contributed by atoms with van der Waals surface area (Å²) in [6.45, 7) is 9.21. The van der Waals surface area contributed by atoms with E-state index in [2.05, 4.69) is 38.3 Å². The van der Waals surface area contributed by atoms with Gasteiger partial charge in [0.2, 0.25) is 5.91 Å². The molecule has 4 heteroatoms. The topological polar surface area (TPSA) is 50.4 Å². The van der Waals surface area contributed by atoms with Gasteiger partial charge in [-0.15, -0.1) is 0 Å². The average molecular weight is 226 g/mol. The van der Waals surface area contributed by atoms with Gasteiger partial charge in [-0.05, 0) is 34.1 Å². The van der Waals surface area contributed by atoms with E-state index in [9.17, 15) is 4.79 Å². The summed E-state index contributed by atoms with van der Waals surface area (Å²) in [5, 5.41) is 6.40. The van der Waals surface area contributed by atoms with Crippen LogP contribution in [-0.2, 0) is 9.53 Å². The highest BCUT2D eigenvalue weighted by Gasteiger charge is 2.46. The Hall–Kier alpha value is -0.610. The van der Waals surface area contributed by atoms with Crippen molar-refractivity contribution in [2.75, 3.05) is 6.54 Å². The Bertz CT molecular complexity index is 299. The minimum Gasteiger partial charge on any atom is -0.368 e. The molecule has 16 heavy (non-hydrogen) atoms. The van der Waals surface area contributed by atoms with E-state index in [1.54, 1.807) is 0 Å². The third-order valence-corrected chi connectivity index (χ3v) is 3.49.